The number of anilines is 1. The van der Waals surface area contributed by atoms with Gasteiger partial charge in [0.05, 0.1) is 29.8 Å². The molecule has 1 atom stereocenters. The van der Waals surface area contributed by atoms with Crippen LogP contribution in [0.1, 0.15) is 29.2 Å². The lowest BCUT2D eigenvalue weighted by molar-refractivity contribution is -0.115. The van der Waals surface area contributed by atoms with E-state index in [1.165, 1.54) is 11.3 Å². The fourth-order valence-electron chi connectivity index (χ4n) is 1.65. The van der Waals surface area contributed by atoms with Crippen molar-refractivity contribution in [3.05, 3.63) is 45.9 Å². The zero-order chi connectivity index (χ0) is 14.5. The Hall–Kier alpha value is -2.23. The molecule has 6 heteroatoms. The molecule has 102 valence electrons. The Kier molecular flexibility index (Phi) is 4.45. The number of benzene rings is 1. The summed E-state index contributed by atoms with van der Waals surface area (Å²) < 4.78 is 0. The van der Waals surface area contributed by atoms with Crippen LogP contribution in [-0.4, -0.2) is 10.9 Å². The fourth-order valence-corrected chi connectivity index (χ4v) is 2.43. The van der Waals surface area contributed by atoms with E-state index in [1.807, 2.05) is 18.4 Å². The summed E-state index contributed by atoms with van der Waals surface area (Å²) in [7, 11) is 0. The molecule has 1 aromatic heterocycles. The van der Waals surface area contributed by atoms with Crippen molar-refractivity contribution < 1.29 is 4.79 Å². The Balaban J connectivity index is 1.99. The minimum absolute atomic E-state index is 0.121. The Morgan fingerprint density at radius 2 is 2.40 bits per heavy atom. The minimum atomic E-state index is -0.165. The van der Waals surface area contributed by atoms with Gasteiger partial charge in [-0.2, -0.15) is 5.26 Å². The number of rotatable bonds is 4. The summed E-state index contributed by atoms with van der Waals surface area (Å²) in [6.45, 7) is 1.86. The van der Waals surface area contributed by atoms with Crippen LogP contribution in [0.4, 0.5) is 5.69 Å². The number of carbonyl (C=O) groups is 1. The van der Waals surface area contributed by atoms with Crippen LogP contribution in [0.25, 0.3) is 0 Å². The molecular weight excluding hydrogens is 272 g/mol. The average Bonchev–Trinajstić information content (AvgIpc) is 2.87. The van der Waals surface area contributed by atoms with Crippen molar-refractivity contribution in [3.63, 3.8) is 0 Å². The Morgan fingerprint density at radius 1 is 1.60 bits per heavy atom. The van der Waals surface area contributed by atoms with Crippen LogP contribution in [0.15, 0.2) is 29.6 Å². The van der Waals surface area contributed by atoms with Crippen LogP contribution < -0.4 is 11.1 Å². The van der Waals surface area contributed by atoms with E-state index in [2.05, 4.69) is 10.3 Å². The molecule has 0 bridgehead atoms. The normalized spacial score (nSPS) is 11.7. The van der Waals surface area contributed by atoms with Gasteiger partial charge in [-0.15, -0.1) is 11.3 Å². The molecule has 5 nitrogen and oxygen atoms in total. The van der Waals surface area contributed by atoms with E-state index in [4.69, 9.17) is 11.0 Å². The van der Waals surface area contributed by atoms with Crippen molar-refractivity contribution in [2.75, 3.05) is 5.32 Å². The lowest BCUT2D eigenvalue weighted by Gasteiger charge is -2.04. The Morgan fingerprint density at radius 3 is 3.05 bits per heavy atom. The van der Waals surface area contributed by atoms with E-state index in [-0.39, 0.29) is 18.4 Å². The van der Waals surface area contributed by atoms with Gasteiger partial charge in [0.15, 0.2) is 0 Å². The molecular formula is C14H14N4OS. The van der Waals surface area contributed by atoms with E-state index < -0.39 is 0 Å². The number of nitrogens with zero attached hydrogens (tertiary/aromatic N) is 2. The van der Waals surface area contributed by atoms with Crippen molar-refractivity contribution in [1.29, 1.82) is 5.26 Å². The van der Waals surface area contributed by atoms with Crippen LogP contribution in [-0.2, 0) is 11.2 Å². The number of nitriles is 1. The molecule has 1 amide bonds. The third-order valence-corrected chi connectivity index (χ3v) is 3.67. The molecule has 0 aliphatic heterocycles. The summed E-state index contributed by atoms with van der Waals surface area (Å²) in [4.78, 5) is 16.2. The van der Waals surface area contributed by atoms with Gasteiger partial charge in [-0.05, 0) is 25.1 Å². The predicted octanol–water partition coefficient (Wildman–Crippen LogP) is 2.22. The van der Waals surface area contributed by atoms with Gasteiger partial charge in [-0.25, -0.2) is 4.98 Å². The molecule has 1 unspecified atom stereocenters. The van der Waals surface area contributed by atoms with Gasteiger partial charge < -0.3 is 11.1 Å². The number of hydrogen-bond acceptors (Lipinski definition) is 5. The van der Waals surface area contributed by atoms with Crippen LogP contribution in [0.5, 0.6) is 0 Å². The monoisotopic (exact) mass is 286 g/mol. The van der Waals surface area contributed by atoms with Gasteiger partial charge in [-0.1, -0.05) is 6.07 Å². The first kappa shape index (κ1) is 14.2. The highest BCUT2D eigenvalue weighted by Gasteiger charge is 2.10. The number of aromatic nitrogens is 1. The standard InChI is InChI=1S/C14H14N4OS/c1-9(16)14-18-12(8-20-14)6-13(19)17-11-4-2-3-10(5-11)7-15/h2-5,8-9H,6,16H2,1H3,(H,17,19). The van der Waals surface area contributed by atoms with E-state index in [9.17, 15) is 4.79 Å². The molecule has 0 saturated heterocycles. The second-order valence-electron chi connectivity index (χ2n) is 4.38. The summed E-state index contributed by atoms with van der Waals surface area (Å²) in [5, 5.41) is 14.2. The van der Waals surface area contributed by atoms with Crippen molar-refractivity contribution in [1.82, 2.24) is 4.98 Å². The SMILES string of the molecule is CC(N)c1nc(CC(=O)Nc2cccc(C#N)c2)cs1. The largest absolute Gasteiger partial charge is 0.326 e. The number of carbonyl (C=O) groups excluding carboxylic acids is 1. The lowest BCUT2D eigenvalue weighted by Crippen LogP contribution is -2.15. The summed E-state index contributed by atoms with van der Waals surface area (Å²) >= 11 is 1.45. The average molecular weight is 286 g/mol. The van der Waals surface area contributed by atoms with Crippen LogP contribution >= 0.6 is 11.3 Å². The van der Waals surface area contributed by atoms with Crippen LogP contribution in [0, 0.1) is 11.3 Å². The zero-order valence-electron chi connectivity index (χ0n) is 11.0. The number of hydrogen-bond donors (Lipinski definition) is 2. The van der Waals surface area contributed by atoms with E-state index in [0.29, 0.717) is 16.9 Å². The number of thiazole rings is 1. The molecule has 0 fully saturated rings. The van der Waals surface area contributed by atoms with Gasteiger partial charge in [0.2, 0.25) is 5.91 Å². The van der Waals surface area contributed by atoms with Gasteiger partial charge in [0.25, 0.3) is 0 Å². The zero-order valence-corrected chi connectivity index (χ0v) is 11.8. The van der Waals surface area contributed by atoms with Crippen molar-refractivity contribution in [2.45, 2.75) is 19.4 Å². The molecule has 2 rings (SSSR count). The predicted molar refractivity (Wildman–Crippen MR) is 78.2 cm³/mol. The van der Waals surface area contributed by atoms with Gasteiger partial charge in [0, 0.05) is 11.1 Å². The molecule has 1 heterocycles. The van der Waals surface area contributed by atoms with Gasteiger partial charge >= 0.3 is 0 Å². The van der Waals surface area contributed by atoms with Crippen LogP contribution in [0.2, 0.25) is 0 Å². The second kappa shape index (κ2) is 6.28. The molecule has 20 heavy (non-hydrogen) atoms. The molecule has 2 aromatic rings. The third-order valence-electron chi connectivity index (χ3n) is 2.58. The van der Waals surface area contributed by atoms with Crippen LogP contribution in [0.3, 0.4) is 0 Å². The Labute approximate surface area is 121 Å². The topological polar surface area (TPSA) is 91.8 Å². The second-order valence-corrected chi connectivity index (χ2v) is 5.27. The minimum Gasteiger partial charge on any atom is -0.326 e. The summed E-state index contributed by atoms with van der Waals surface area (Å²) in [6.07, 6.45) is 0.194. The fraction of sp³-hybridized carbons (Fsp3) is 0.214. The summed E-state index contributed by atoms with van der Waals surface area (Å²) in [6, 6.07) is 8.70. The first-order valence-electron chi connectivity index (χ1n) is 6.08. The molecule has 0 spiro atoms. The lowest BCUT2D eigenvalue weighted by atomic mass is 10.2. The molecule has 3 N–H and O–H groups in total. The first-order valence-corrected chi connectivity index (χ1v) is 6.96. The maximum atomic E-state index is 11.9. The Bertz CT molecular complexity index is 657. The molecule has 0 saturated carbocycles. The maximum absolute atomic E-state index is 11.9. The number of nitrogens with one attached hydrogen (secondary N) is 1. The smallest absolute Gasteiger partial charge is 0.230 e. The highest BCUT2D eigenvalue weighted by atomic mass is 32.1. The van der Waals surface area contributed by atoms with E-state index in [1.54, 1.807) is 24.3 Å². The molecule has 0 aliphatic rings. The highest BCUT2D eigenvalue weighted by Crippen LogP contribution is 2.17. The molecule has 0 aliphatic carbocycles. The van der Waals surface area contributed by atoms with Crippen molar-refractivity contribution in [3.8, 4) is 6.07 Å². The van der Waals surface area contributed by atoms with Crippen molar-refractivity contribution in [2.24, 2.45) is 5.73 Å². The summed E-state index contributed by atoms with van der Waals surface area (Å²) in [5.41, 5.74) is 7.55. The van der Waals surface area contributed by atoms with Gasteiger partial charge in [-0.3, -0.25) is 4.79 Å². The molecule has 0 radical (unpaired) electrons. The first-order chi connectivity index (χ1) is 9.58. The number of nitrogens with two attached hydrogens (primary N) is 1. The van der Waals surface area contributed by atoms with E-state index >= 15 is 0 Å². The van der Waals surface area contributed by atoms with Gasteiger partial charge in [0.1, 0.15) is 5.01 Å². The quantitative estimate of drug-likeness (QED) is 0.901. The van der Waals surface area contributed by atoms with E-state index in [0.717, 1.165) is 5.01 Å². The maximum Gasteiger partial charge on any atom is 0.230 e. The molecule has 1 aromatic carbocycles. The third kappa shape index (κ3) is 3.63. The highest BCUT2D eigenvalue weighted by molar-refractivity contribution is 7.09. The van der Waals surface area contributed by atoms with Crippen molar-refractivity contribution >= 4 is 22.9 Å². The number of amides is 1. The summed E-state index contributed by atoms with van der Waals surface area (Å²) in [5.74, 6) is -0.165.